The van der Waals surface area contributed by atoms with E-state index in [-0.39, 0.29) is 11.9 Å². The van der Waals surface area contributed by atoms with Gasteiger partial charge in [-0.25, -0.2) is 18.4 Å². The molecule has 1 aromatic heterocycles. The first kappa shape index (κ1) is 25.1. The highest BCUT2D eigenvalue weighted by atomic mass is 32.2. The summed E-state index contributed by atoms with van der Waals surface area (Å²) in [5.74, 6) is 2.87. The Morgan fingerprint density at radius 1 is 1.06 bits per heavy atom. The first-order chi connectivity index (χ1) is 16.4. The lowest BCUT2D eigenvalue weighted by molar-refractivity contribution is -0.0280. The molecule has 2 heterocycles. The van der Waals surface area contributed by atoms with Gasteiger partial charge in [-0.2, -0.15) is 0 Å². The third kappa shape index (κ3) is 5.96. The van der Waals surface area contributed by atoms with E-state index in [1.54, 1.807) is 26.2 Å². The van der Waals surface area contributed by atoms with Gasteiger partial charge >= 0.3 is 0 Å². The van der Waals surface area contributed by atoms with Crippen molar-refractivity contribution in [1.29, 1.82) is 0 Å². The molecule has 1 saturated carbocycles. The summed E-state index contributed by atoms with van der Waals surface area (Å²) in [6, 6.07) is 7.05. The number of nitrogens with zero attached hydrogens (tertiary/aromatic N) is 3. The number of methoxy groups -OCH3 is 1. The molecule has 186 valence electrons. The summed E-state index contributed by atoms with van der Waals surface area (Å²) in [4.78, 5) is 11.8. The molecule has 1 saturated heterocycles. The summed E-state index contributed by atoms with van der Waals surface area (Å²) in [7, 11) is -1.45. The topological polar surface area (TPSA) is 81.6 Å². The Hall–Kier alpha value is -2.03. The van der Waals surface area contributed by atoms with Gasteiger partial charge in [-0.1, -0.05) is 26.0 Å². The molecular weight excluding hydrogens is 450 g/mol. The van der Waals surface area contributed by atoms with Crippen molar-refractivity contribution in [2.45, 2.75) is 57.1 Å². The van der Waals surface area contributed by atoms with E-state index in [0.717, 1.165) is 43.9 Å². The second-order valence-electron chi connectivity index (χ2n) is 9.48. The summed E-state index contributed by atoms with van der Waals surface area (Å²) in [6.45, 7) is 6.83. The maximum Gasteiger partial charge on any atom is 0.225 e. The molecule has 7 nitrogen and oxygen atoms in total. The monoisotopic (exact) mass is 487 g/mol. The minimum Gasteiger partial charge on any atom is -0.382 e. The second-order valence-corrected chi connectivity index (χ2v) is 11.8. The number of benzene rings is 1. The third-order valence-electron chi connectivity index (χ3n) is 7.35. The van der Waals surface area contributed by atoms with Crippen LogP contribution in [0.15, 0.2) is 41.6 Å². The highest BCUT2D eigenvalue weighted by Crippen LogP contribution is 2.50. The molecule has 4 rings (SSSR count). The predicted molar refractivity (Wildman–Crippen MR) is 133 cm³/mol. The van der Waals surface area contributed by atoms with Crippen molar-refractivity contribution in [1.82, 2.24) is 9.97 Å². The average Bonchev–Trinajstić information content (AvgIpc) is 3.68. The molecule has 2 aromatic rings. The van der Waals surface area contributed by atoms with E-state index in [1.807, 2.05) is 24.5 Å². The van der Waals surface area contributed by atoms with Crippen LogP contribution in [-0.4, -0.2) is 57.0 Å². The Balaban J connectivity index is 1.27. The normalized spacial score (nSPS) is 22.0. The fraction of sp³-hybridized carbons (Fsp3) is 0.615. The fourth-order valence-corrected chi connectivity index (χ4v) is 5.93. The lowest BCUT2D eigenvalue weighted by Crippen LogP contribution is -2.36. The molecule has 34 heavy (non-hydrogen) atoms. The van der Waals surface area contributed by atoms with Crippen LogP contribution in [0, 0.1) is 17.8 Å². The van der Waals surface area contributed by atoms with Crippen molar-refractivity contribution in [3.05, 3.63) is 47.8 Å². The van der Waals surface area contributed by atoms with Crippen molar-refractivity contribution in [3.63, 3.8) is 0 Å². The number of hydrogen-bond acceptors (Lipinski definition) is 7. The fourth-order valence-electron chi connectivity index (χ4n) is 5.05. The van der Waals surface area contributed by atoms with Gasteiger partial charge in [0.05, 0.1) is 30.0 Å². The van der Waals surface area contributed by atoms with Crippen molar-refractivity contribution < 1.29 is 17.9 Å². The number of ether oxygens (including phenoxy) is 2. The van der Waals surface area contributed by atoms with Crippen LogP contribution in [-0.2, 0) is 32.3 Å². The minimum atomic E-state index is -3.18. The molecule has 1 aliphatic carbocycles. The van der Waals surface area contributed by atoms with E-state index in [1.165, 1.54) is 12.0 Å². The summed E-state index contributed by atoms with van der Waals surface area (Å²) in [5, 5.41) is 0. The standard InChI is InChI=1S/C26H37N3O4S/c1-4-19-15-27-26(28-16-19)29-12-10-21(11-13-29)23-14-24(23)25(18-32-3)33-17-20-6-8-22(9-7-20)34(30,31)5-2/h6-9,15-16,21,23-25H,4-5,10-14,17-18H2,1-3H3/t23-,24-,25-/m1/s1. The van der Waals surface area contributed by atoms with Gasteiger partial charge in [0.25, 0.3) is 0 Å². The summed E-state index contributed by atoms with van der Waals surface area (Å²) in [5.41, 5.74) is 2.15. The summed E-state index contributed by atoms with van der Waals surface area (Å²) in [6.07, 6.45) is 8.41. The van der Waals surface area contributed by atoms with Gasteiger partial charge in [-0.05, 0) is 66.7 Å². The van der Waals surface area contributed by atoms with Crippen LogP contribution < -0.4 is 4.90 Å². The van der Waals surface area contributed by atoms with E-state index < -0.39 is 9.84 Å². The second kappa shape index (κ2) is 11.1. The number of aromatic nitrogens is 2. The average molecular weight is 488 g/mol. The van der Waals surface area contributed by atoms with E-state index >= 15 is 0 Å². The van der Waals surface area contributed by atoms with Crippen molar-refractivity contribution in [2.75, 3.05) is 37.5 Å². The minimum absolute atomic E-state index is 0.0667. The molecule has 0 spiro atoms. The number of aryl methyl sites for hydroxylation is 1. The van der Waals surface area contributed by atoms with Crippen molar-refractivity contribution >= 4 is 15.8 Å². The number of anilines is 1. The van der Waals surface area contributed by atoms with Gasteiger partial charge in [-0.3, -0.25) is 0 Å². The molecule has 0 unspecified atom stereocenters. The maximum absolute atomic E-state index is 12.0. The lowest BCUT2D eigenvalue weighted by atomic mass is 9.90. The van der Waals surface area contributed by atoms with E-state index in [0.29, 0.717) is 35.9 Å². The quantitative estimate of drug-likeness (QED) is 0.475. The van der Waals surface area contributed by atoms with Crippen LogP contribution in [0.5, 0.6) is 0 Å². The predicted octanol–water partition coefficient (Wildman–Crippen LogP) is 3.92. The molecule has 2 aliphatic rings. The molecule has 0 N–H and O–H groups in total. The van der Waals surface area contributed by atoms with Crippen LogP contribution in [0.1, 0.15) is 44.2 Å². The Morgan fingerprint density at radius 2 is 1.74 bits per heavy atom. The van der Waals surface area contributed by atoms with Crippen LogP contribution >= 0.6 is 0 Å². The van der Waals surface area contributed by atoms with Crippen molar-refractivity contribution in [3.8, 4) is 0 Å². The number of rotatable bonds is 11. The van der Waals surface area contributed by atoms with Gasteiger partial charge in [-0.15, -0.1) is 0 Å². The van der Waals surface area contributed by atoms with Gasteiger partial charge in [0.15, 0.2) is 9.84 Å². The molecule has 3 atom stereocenters. The van der Waals surface area contributed by atoms with Crippen LogP contribution in [0.2, 0.25) is 0 Å². The maximum atomic E-state index is 12.0. The van der Waals surface area contributed by atoms with Gasteiger partial charge < -0.3 is 14.4 Å². The highest BCUT2D eigenvalue weighted by molar-refractivity contribution is 7.91. The molecule has 0 amide bonds. The molecule has 1 aromatic carbocycles. The lowest BCUT2D eigenvalue weighted by Gasteiger charge is -2.32. The molecule has 8 heteroatoms. The molecule has 1 aliphatic heterocycles. The Labute approximate surface area is 203 Å². The Bertz CT molecular complexity index is 1020. The zero-order valence-corrected chi connectivity index (χ0v) is 21.3. The molecule has 2 fully saturated rings. The zero-order valence-electron chi connectivity index (χ0n) is 20.5. The first-order valence-corrected chi connectivity index (χ1v) is 14.1. The number of sulfone groups is 1. The molecule has 0 bridgehead atoms. The highest BCUT2D eigenvalue weighted by Gasteiger charge is 2.48. The first-order valence-electron chi connectivity index (χ1n) is 12.4. The van der Waals surface area contributed by atoms with E-state index in [2.05, 4.69) is 21.8 Å². The molecular formula is C26H37N3O4S. The molecule has 0 radical (unpaired) electrons. The van der Waals surface area contributed by atoms with Crippen molar-refractivity contribution in [2.24, 2.45) is 17.8 Å². The zero-order chi connectivity index (χ0) is 24.1. The Morgan fingerprint density at radius 3 is 2.32 bits per heavy atom. The number of piperidine rings is 1. The van der Waals surface area contributed by atoms with Crippen LogP contribution in [0.3, 0.4) is 0 Å². The van der Waals surface area contributed by atoms with Crippen LogP contribution in [0.25, 0.3) is 0 Å². The third-order valence-corrected chi connectivity index (χ3v) is 9.10. The number of hydrogen-bond donors (Lipinski definition) is 0. The smallest absolute Gasteiger partial charge is 0.225 e. The largest absolute Gasteiger partial charge is 0.382 e. The van der Waals surface area contributed by atoms with Gasteiger partial charge in [0.2, 0.25) is 5.95 Å². The summed E-state index contributed by atoms with van der Waals surface area (Å²) >= 11 is 0. The van der Waals surface area contributed by atoms with E-state index in [9.17, 15) is 8.42 Å². The van der Waals surface area contributed by atoms with E-state index in [4.69, 9.17) is 9.47 Å². The van der Waals surface area contributed by atoms with Gasteiger partial charge in [0.1, 0.15) is 0 Å². The van der Waals surface area contributed by atoms with Gasteiger partial charge in [0, 0.05) is 32.6 Å². The SMILES string of the molecule is CCc1cnc(N2CCC([C@H]3C[C@H]3[C@@H](COC)OCc3ccc(S(=O)(=O)CC)cc3)CC2)nc1. The van der Waals surface area contributed by atoms with Crippen LogP contribution in [0.4, 0.5) is 5.95 Å². The summed E-state index contributed by atoms with van der Waals surface area (Å²) < 4.78 is 35.8. The Kier molecular flexibility index (Phi) is 8.22.